The van der Waals surface area contributed by atoms with Gasteiger partial charge in [-0.2, -0.15) is 0 Å². The Kier molecular flexibility index (Phi) is 3.57. The summed E-state index contributed by atoms with van der Waals surface area (Å²) in [7, 11) is 1.30. The van der Waals surface area contributed by atoms with Crippen LogP contribution in [0.5, 0.6) is 5.88 Å². The number of carbonyl (C=O) groups is 1. The number of anilines is 1. The minimum absolute atomic E-state index is 0.0326. The van der Waals surface area contributed by atoms with Crippen LogP contribution in [0.3, 0.4) is 0 Å². The number of hydrogen-bond donors (Lipinski definition) is 1. The van der Waals surface area contributed by atoms with Gasteiger partial charge in [0.1, 0.15) is 5.82 Å². The molecule has 1 N–H and O–H groups in total. The number of para-hydroxylation sites is 1. The van der Waals surface area contributed by atoms with E-state index >= 15 is 0 Å². The number of nitrogens with zero attached hydrogens (tertiary/aromatic N) is 1. The number of pyridine rings is 1. The lowest BCUT2D eigenvalue weighted by atomic mass is 10.1. The first-order valence-electron chi connectivity index (χ1n) is 6.85. The quantitative estimate of drug-likeness (QED) is 0.786. The second kappa shape index (κ2) is 5.57. The number of fused-ring (bicyclic) bond motifs is 1. The third-order valence-corrected chi connectivity index (χ3v) is 3.60. The van der Waals surface area contributed by atoms with Crippen LogP contribution in [0, 0.1) is 5.82 Å². The monoisotopic (exact) mass is 311 g/mol. The molecule has 3 rings (SSSR count). The molecule has 0 atom stereocenters. The van der Waals surface area contributed by atoms with Crippen LogP contribution in [0.15, 0.2) is 53.3 Å². The predicted octanol–water partition coefficient (Wildman–Crippen LogP) is 2.00. The van der Waals surface area contributed by atoms with E-state index in [1.54, 1.807) is 18.2 Å². The molecule has 0 aliphatic heterocycles. The number of nitrogens with one attached hydrogen (secondary N) is 1. The van der Waals surface area contributed by atoms with Crippen molar-refractivity contribution in [2.24, 2.45) is 7.05 Å². The topological polar surface area (TPSA) is 74.2 Å². The lowest BCUT2D eigenvalue weighted by Gasteiger charge is -2.20. The summed E-state index contributed by atoms with van der Waals surface area (Å²) in [4.78, 5) is 24.6. The van der Waals surface area contributed by atoms with Crippen molar-refractivity contribution < 1.29 is 14.3 Å². The van der Waals surface area contributed by atoms with Crippen molar-refractivity contribution in [1.29, 1.82) is 0 Å². The second-order valence-electron chi connectivity index (χ2n) is 5.02. The minimum Gasteiger partial charge on any atom is -0.859 e. The SMILES string of the molecule is Cn1c([O-])c(C(=O)Nc2ccccc2F)c2ccccc2c1=O. The molecule has 0 aliphatic carbocycles. The fourth-order valence-corrected chi connectivity index (χ4v) is 2.41. The first-order valence-corrected chi connectivity index (χ1v) is 6.85. The molecule has 0 fully saturated rings. The lowest BCUT2D eigenvalue weighted by Crippen LogP contribution is -2.26. The van der Waals surface area contributed by atoms with Gasteiger partial charge in [0.25, 0.3) is 11.5 Å². The summed E-state index contributed by atoms with van der Waals surface area (Å²) in [5.41, 5.74) is -0.700. The summed E-state index contributed by atoms with van der Waals surface area (Å²) in [6, 6.07) is 12.0. The summed E-state index contributed by atoms with van der Waals surface area (Å²) < 4.78 is 14.5. The van der Waals surface area contributed by atoms with Gasteiger partial charge in [-0.1, -0.05) is 30.3 Å². The number of amides is 1. The van der Waals surface area contributed by atoms with Crippen molar-refractivity contribution in [2.75, 3.05) is 5.32 Å². The van der Waals surface area contributed by atoms with Crippen LogP contribution < -0.4 is 16.0 Å². The highest BCUT2D eigenvalue weighted by atomic mass is 19.1. The zero-order valence-electron chi connectivity index (χ0n) is 12.2. The maximum atomic E-state index is 13.7. The minimum atomic E-state index is -0.757. The Hall–Kier alpha value is -3.15. The zero-order valence-corrected chi connectivity index (χ0v) is 12.2. The van der Waals surface area contributed by atoms with E-state index in [0.29, 0.717) is 0 Å². The van der Waals surface area contributed by atoms with Crippen LogP contribution in [0.1, 0.15) is 10.4 Å². The third-order valence-electron chi connectivity index (χ3n) is 3.60. The largest absolute Gasteiger partial charge is 0.859 e. The maximum Gasteiger partial charge on any atom is 0.257 e. The molecule has 23 heavy (non-hydrogen) atoms. The molecule has 3 aromatic rings. The summed E-state index contributed by atoms with van der Waals surface area (Å²) >= 11 is 0. The summed E-state index contributed by atoms with van der Waals surface area (Å²) in [5.74, 6) is -2.09. The molecular formula is C17H12FN2O3-. The van der Waals surface area contributed by atoms with Gasteiger partial charge in [0.15, 0.2) is 0 Å². The fourth-order valence-electron chi connectivity index (χ4n) is 2.41. The Morgan fingerprint density at radius 2 is 1.70 bits per heavy atom. The van der Waals surface area contributed by atoms with Crippen LogP contribution >= 0.6 is 0 Å². The number of hydrogen-bond acceptors (Lipinski definition) is 3. The van der Waals surface area contributed by atoms with Crippen LogP contribution in [0.25, 0.3) is 10.8 Å². The van der Waals surface area contributed by atoms with E-state index in [1.807, 2.05) is 0 Å². The van der Waals surface area contributed by atoms with Crippen molar-refractivity contribution >= 4 is 22.4 Å². The van der Waals surface area contributed by atoms with Crippen molar-refractivity contribution in [1.82, 2.24) is 4.57 Å². The van der Waals surface area contributed by atoms with Crippen molar-refractivity contribution in [3.8, 4) is 5.88 Å². The Morgan fingerprint density at radius 3 is 2.39 bits per heavy atom. The highest BCUT2D eigenvalue weighted by Crippen LogP contribution is 2.24. The fraction of sp³-hybridized carbons (Fsp3) is 0.0588. The number of halogens is 1. The van der Waals surface area contributed by atoms with Gasteiger partial charge in [0.2, 0.25) is 0 Å². The average molecular weight is 311 g/mol. The standard InChI is InChI=1S/C17H13FN2O3/c1-20-16(22)11-7-3-2-6-10(11)14(17(20)23)15(21)19-13-9-5-4-8-12(13)18/h2-9,23H,1H3,(H,19,21)/p-1. The number of carbonyl (C=O) groups excluding carboxylic acids is 1. The zero-order chi connectivity index (χ0) is 16.6. The summed E-state index contributed by atoms with van der Waals surface area (Å²) in [6.07, 6.45) is 0. The van der Waals surface area contributed by atoms with E-state index in [1.165, 1.54) is 37.4 Å². The van der Waals surface area contributed by atoms with Gasteiger partial charge in [0, 0.05) is 17.8 Å². The number of aromatic nitrogens is 1. The molecule has 0 bridgehead atoms. The Morgan fingerprint density at radius 1 is 1.09 bits per heavy atom. The molecule has 116 valence electrons. The molecule has 0 saturated heterocycles. The molecule has 0 unspecified atom stereocenters. The van der Waals surface area contributed by atoms with Gasteiger partial charge >= 0.3 is 0 Å². The van der Waals surface area contributed by atoms with Gasteiger partial charge < -0.3 is 15.0 Å². The molecule has 1 heterocycles. The van der Waals surface area contributed by atoms with Crippen LogP contribution in [-0.4, -0.2) is 10.5 Å². The highest BCUT2D eigenvalue weighted by Gasteiger charge is 2.16. The Bertz CT molecular complexity index is 979. The van der Waals surface area contributed by atoms with Crippen LogP contribution in [0.4, 0.5) is 10.1 Å². The molecule has 0 saturated carbocycles. The van der Waals surface area contributed by atoms with Gasteiger partial charge in [-0.05, 0) is 24.1 Å². The van der Waals surface area contributed by atoms with Gasteiger partial charge in [0.05, 0.1) is 11.3 Å². The Labute approximate surface area is 130 Å². The molecule has 1 amide bonds. The molecule has 0 spiro atoms. The second-order valence-corrected chi connectivity index (χ2v) is 5.02. The van der Waals surface area contributed by atoms with E-state index in [2.05, 4.69) is 5.32 Å². The molecule has 0 aliphatic rings. The maximum absolute atomic E-state index is 13.7. The molecule has 0 radical (unpaired) electrons. The average Bonchev–Trinajstić information content (AvgIpc) is 2.55. The van der Waals surface area contributed by atoms with E-state index in [-0.39, 0.29) is 22.0 Å². The molecular weight excluding hydrogens is 299 g/mol. The van der Waals surface area contributed by atoms with E-state index in [4.69, 9.17) is 0 Å². The van der Waals surface area contributed by atoms with Gasteiger partial charge in [-0.15, -0.1) is 0 Å². The molecule has 6 heteroatoms. The number of rotatable bonds is 2. The third kappa shape index (κ3) is 2.44. The predicted molar refractivity (Wildman–Crippen MR) is 83.0 cm³/mol. The Balaban J connectivity index is 2.18. The van der Waals surface area contributed by atoms with E-state index < -0.39 is 23.2 Å². The molecule has 2 aromatic carbocycles. The summed E-state index contributed by atoms with van der Waals surface area (Å²) in [5, 5.41) is 15.2. The van der Waals surface area contributed by atoms with Crippen molar-refractivity contribution in [2.45, 2.75) is 0 Å². The van der Waals surface area contributed by atoms with Crippen LogP contribution in [-0.2, 0) is 7.05 Å². The molecule has 5 nitrogen and oxygen atoms in total. The summed E-state index contributed by atoms with van der Waals surface area (Å²) in [6.45, 7) is 0. The van der Waals surface area contributed by atoms with Gasteiger partial charge in [-0.25, -0.2) is 4.39 Å². The lowest BCUT2D eigenvalue weighted by molar-refractivity contribution is -0.279. The highest BCUT2D eigenvalue weighted by molar-refractivity contribution is 6.14. The smallest absolute Gasteiger partial charge is 0.257 e. The van der Waals surface area contributed by atoms with Crippen LogP contribution in [0.2, 0.25) is 0 Å². The first kappa shape index (κ1) is 14.8. The van der Waals surface area contributed by atoms with Gasteiger partial charge in [-0.3, -0.25) is 9.59 Å². The van der Waals surface area contributed by atoms with E-state index in [9.17, 15) is 19.1 Å². The van der Waals surface area contributed by atoms with Crippen molar-refractivity contribution in [3.05, 3.63) is 70.3 Å². The first-order chi connectivity index (χ1) is 11.0. The normalized spacial score (nSPS) is 10.7. The van der Waals surface area contributed by atoms with E-state index in [0.717, 1.165) is 4.57 Å². The molecule has 1 aromatic heterocycles. The van der Waals surface area contributed by atoms with Crippen molar-refractivity contribution in [3.63, 3.8) is 0 Å². The number of benzene rings is 2.